The monoisotopic (exact) mass is 301 g/mol. The van der Waals surface area contributed by atoms with Gasteiger partial charge >= 0.3 is 6.03 Å². The van der Waals surface area contributed by atoms with Gasteiger partial charge < -0.3 is 10.6 Å². The highest BCUT2D eigenvalue weighted by molar-refractivity contribution is 9.08. The fraction of sp³-hybridized carbons (Fsp3) is 0.300. The molecule has 2 N–H and O–H groups in total. The Kier molecular flexibility index (Phi) is 5.41. The number of non-ortho nitro benzene ring substituents is 1. The number of amides is 2. The van der Waals surface area contributed by atoms with E-state index in [0.29, 0.717) is 5.33 Å². The van der Waals surface area contributed by atoms with E-state index in [1.807, 2.05) is 6.07 Å². The highest BCUT2D eigenvalue weighted by Crippen LogP contribution is 2.14. The molecule has 7 heteroatoms. The van der Waals surface area contributed by atoms with Gasteiger partial charge in [-0.05, 0) is 5.56 Å². The molecule has 17 heavy (non-hydrogen) atoms. The largest absolute Gasteiger partial charge is 0.336 e. The predicted octanol–water partition coefficient (Wildman–Crippen LogP) is 1.79. The number of nitrogens with one attached hydrogen (secondary N) is 2. The lowest BCUT2D eigenvalue weighted by Gasteiger charge is -1.93. The third-order valence-electron chi connectivity index (χ3n) is 1.97. The molecule has 0 aliphatic carbocycles. The molecule has 6 nitrogen and oxygen atoms in total. The van der Waals surface area contributed by atoms with Crippen molar-refractivity contribution < 1.29 is 9.72 Å². The molecule has 0 unspecified atom stereocenters. The Balaban J connectivity index is 0.000000202. The summed E-state index contributed by atoms with van der Waals surface area (Å²) in [7, 11) is 0. The van der Waals surface area contributed by atoms with Gasteiger partial charge in [-0.25, -0.2) is 4.79 Å². The van der Waals surface area contributed by atoms with Crippen LogP contribution in [0.4, 0.5) is 10.5 Å². The van der Waals surface area contributed by atoms with E-state index >= 15 is 0 Å². The predicted molar refractivity (Wildman–Crippen MR) is 67.1 cm³/mol. The number of carbonyl (C=O) groups excluding carboxylic acids is 1. The van der Waals surface area contributed by atoms with Crippen molar-refractivity contribution in [3.05, 3.63) is 39.9 Å². The molecule has 0 spiro atoms. The van der Waals surface area contributed by atoms with E-state index in [1.54, 1.807) is 12.1 Å². The molecule has 2 amide bonds. The molecule has 0 saturated carbocycles. The summed E-state index contributed by atoms with van der Waals surface area (Å²) in [5, 5.41) is 16.0. The van der Waals surface area contributed by atoms with Gasteiger partial charge in [0.1, 0.15) is 0 Å². The number of rotatable bonds is 2. The Bertz CT molecular complexity index is 404. The lowest BCUT2D eigenvalue weighted by Crippen LogP contribution is -2.20. The first-order valence-corrected chi connectivity index (χ1v) is 6.06. The molecule has 1 fully saturated rings. The second kappa shape index (κ2) is 6.85. The van der Waals surface area contributed by atoms with Crippen molar-refractivity contribution in [3.63, 3.8) is 0 Å². The van der Waals surface area contributed by atoms with Crippen molar-refractivity contribution in [2.45, 2.75) is 5.33 Å². The van der Waals surface area contributed by atoms with E-state index in [0.717, 1.165) is 18.7 Å². The number of hydrogen-bond acceptors (Lipinski definition) is 3. The molecule has 92 valence electrons. The third-order valence-corrected chi connectivity index (χ3v) is 2.62. The number of nitro groups is 1. The molecule has 0 aromatic heterocycles. The Morgan fingerprint density at radius 2 is 2.00 bits per heavy atom. The molecule has 1 aliphatic heterocycles. The molecule has 0 bridgehead atoms. The van der Waals surface area contributed by atoms with Crippen LogP contribution in [-0.2, 0) is 5.33 Å². The van der Waals surface area contributed by atoms with Gasteiger partial charge in [0.15, 0.2) is 0 Å². The van der Waals surface area contributed by atoms with Gasteiger partial charge in [0.25, 0.3) is 5.69 Å². The molecular formula is C10H12BrN3O3. The number of alkyl halides is 1. The van der Waals surface area contributed by atoms with Gasteiger partial charge in [-0.15, -0.1) is 0 Å². The Morgan fingerprint density at radius 3 is 2.41 bits per heavy atom. The van der Waals surface area contributed by atoms with Crippen LogP contribution in [0.3, 0.4) is 0 Å². The van der Waals surface area contributed by atoms with Crippen molar-refractivity contribution in [1.29, 1.82) is 0 Å². The molecule has 1 aromatic rings. The van der Waals surface area contributed by atoms with Crippen molar-refractivity contribution >= 4 is 27.6 Å². The van der Waals surface area contributed by atoms with Crippen molar-refractivity contribution in [2.75, 3.05) is 13.1 Å². The normalized spacial score (nSPS) is 13.1. The molecule has 0 atom stereocenters. The maximum absolute atomic E-state index is 10.3. The summed E-state index contributed by atoms with van der Waals surface area (Å²) in [6, 6.07) is 6.49. The highest BCUT2D eigenvalue weighted by Gasteiger charge is 2.03. The zero-order valence-corrected chi connectivity index (χ0v) is 10.6. The van der Waals surface area contributed by atoms with E-state index in [9.17, 15) is 14.9 Å². The van der Waals surface area contributed by atoms with Crippen LogP contribution in [0.2, 0.25) is 0 Å². The van der Waals surface area contributed by atoms with Gasteiger partial charge in [0.05, 0.1) is 4.92 Å². The first kappa shape index (κ1) is 13.4. The number of urea groups is 1. The SMILES string of the molecule is O=C1NCCN1.O=[N+]([O-])c1cccc(CBr)c1. The zero-order chi connectivity index (χ0) is 12.7. The van der Waals surface area contributed by atoms with E-state index in [4.69, 9.17) is 0 Å². The summed E-state index contributed by atoms with van der Waals surface area (Å²) >= 11 is 3.22. The Hall–Kier alpha value is -1.63. The van der Waals surface area contributed by atoms with E-state index in [-0.39, 0.29) is 11.7 Å². The molecular weight excluding hydrogens is 290 g/mol. The van der Waals surface area contributed by atoms with Gasteiger partial charge in [-0.1, -0.05) is 28.1 Å². The van der Waals surface area contributed by atoms with E-state index in [1.165, 1.54) is 6.07 Å². The lowest BCUT2D eigenvalue weighted by molar-refractivity contribution is -0.384. The van der Waals surface area contributed by atoms with Crippen LogP contribution >= 0.6 is 15.9 Å². The minimum absolute atomic E-state index is 0.0463. The smallest absolute Gasteiger partial charge is 0.314 e. The van der Waals surface area contributed by atoms with Crippen LogP contribution in [-0.4, -0.2) is 24.0 Å². The second-order valence-corrected chi connectivity index (χ2v) is 3.80. The summed E-state index contributed by atoms with van der Waals surface area (Å²) in [6.07, 6.45) is 0. The lowest BCUT2D eigenvalue weighted by atomic mass is 10.2. The molecule has 2 rings (SSSR count). The van der Waals surface area contributed by atoms with E-state index in [2.05, 4.69) is 26.6 Å². The van der Waals surface area contributed by atoms with Gasteiger partial charge in [0.2, 0.25) is 0 Å². The fourth-order valence-electron chi connectivity index (χ4n) is 1.17. The summed E-state index contributed by atoms with van der Waals surface area (Å²) in [6.45, 7) is 1.55. The molecule has 1 heterocycles. The minimum atomic E-state index is -0.397. The summed E-state index contributed by atoms with van der Waals surface area (Å²) in [5.41, 5.74) is 1.06. The summed E-state index contributed by atoms with van der Waals surface area (Å²) < 4.78 is 0. The number of nitrogens with zero attached hydrogens (tertiary/aromatic N) is 1. The Labute approximate surface area is 107 Å². The minimum Gasteiger partial charge on any atom is -0.336 e. The van der Waals surface area contributed by atoms with Crippen LogP contribution in [0.15, 0.2) is 24.3 Å². The molecule has 1 saturated heterocycles. The number of benzene rings is 1. The summed E-state index contributed by atoms with van der Waals surface area (Å²) in [5.74, 6) is 0. The molecule has 1 aromatic carbocycles. The van der Waals surface area contributed by atoms with Crippen LogP contribution in [0.25, 0.3) is 0 Å². The van der Waals surface area contributed by atoms with Gasteiger partial charge in [-0.3, -0.25) is 10.1 Å². The van der Waals surface area contributed by atoms with Gasteiger partial charge in [-0.2, -0.15) is 0 Å². The van der Waals surface area contributed by atoms with Gasteiger partial charge in [0, 0.05) is 30.6 Å². The third kappa shape index (κ3) is 4.81. The maximum Gasteiger partial charge on any atom is 0.314 e. The Morgan fingerprint density at radius 1 is 1.35 bits per heavy atom. The standard InChI is InChI=1S/C7H6BrNO2.C3H6N2O/c8-5-6-2-1-3-7(4-6)9(10)11;6-3-4-1-2-5-3/h1-4H,5H2;1-2H2,(H2,4,5,6). The van der Waals surface area contributed by atoms with Crippen molar-refractivity contribution in [2.24, 2.45) is 0 Å². The first-order chi connectivity index (χ1) is 8.13. The summed E-state index contributed by atoms with van der Waals surface area (Å²) in [4.78, 5) is 19.9. The average Bonchev–Trinajstić information content (AvgIpc) is 2.81. The number of hydrogen-bond donors (Lipinski definition) is 2. The molecule has 1 aliphatic rings. The fourth-order valence-corrected chi connectivity index (χ4v) is 1.52. The number of carbonyl (C=O) groups is 1. The average molecular weight is 302 g/mol. The second-order valence-electron chi connectivity index (χ2n) is 3.24. The topological polar surface area (TPSA) is 84.3 Å². The van der Waals surface area contributed by atoms with Crippen LogP contribution < -0.4 is 10.6 Å². The van der Waals surface area contributed by atoms with Crippen LogP contribution in [0, 0.1) is 10.1 Å². The first-order valence-electron chi connectivity index (χ1n) is 4.94. The van der Waals surface area contributed by atoms with E-state index < -0.39 is 4.92 Å². The highest BCUT2D eigenvalue weighted by atomic mass is 79.9. The number of halogens is 1. The zero-order valence-electron chi connectivity index (χ0n) is 8.98. The molecule has 0 radical (unpaired) electrons. The van der Waals surface area contributed by atoms with Crippen LogP contribution in [0.1, 0.15) is 5.56 Å². The quantitative estimate of drug-likeness (QED) is 0.496. The maximum atomic E-state index is 10.3. The van der Waals surface area contributed by atoms with Crippen LogP contribution in [0.5, 0.6) is 0 Å². The van der Waals surface area contributed by atoms with Crippen molar-refractivity contribution in [3.8, 4) is 0 Å². The van der Waals surface area contributed by atoms with Crippen molar-refractivity contribution in [1.82, 2.24) is 10.6 Å². The number of nitro benzene ring substituents is 1.